The number of nitrogens with one attached hydrogen (secondary N) is 1. The molecule has 2 aromatic rings. The third-order valence-electron chi connectivity index (χ3n) is 3.73. The maximum atomic E-state index is 12.3. The van der Waals surface area contributed by atoms with E-state index in [9.17, 15) is 14.7 Å². The Labute approximate surface area is 140 Å². The average molecular weight is 331 g/mol. The molecule has 0 saturated heterocycles. The minimum atomic E-state index is -0.612. The van der Waals surface area contributed by atoms with Gasteiger partial charge in [0.2, 0.25) is 0 Å². The van der Waals surface area contributed by atoms with Crippen molar-refractivity contribution in [2.24, 2.45) is 0 Å². The summed E-state index contributed by atoms with van der Waals surface area (Å²) in [5.74, 6) is -0.519. The maximum Gasteiger partial charge on any atom is 0.306 e. The Bertz CT molecular complexity index is 764. The predicted molar refractivity (Wildman–Crippen MR) is 89.6 cm³/mol. The van der Waals surface area contributed by atoms with Gasteiger partial charge in [-0.05, 0) is 37.6 Å². The van der Waals surface area contributed by atoms with Gasteiger partial charge in [0.1, 0.15) is 11.5 Å². The molecule has 1 heterocycles. The summed E-state index contributed by atoms with van der Waals surface area (Å²) in [6.45, 7) is 3.65. The van der Waals surface area contributed by atoms with Gasteiger partial charge in [0.15, 0.2) is 0 Å². The van der Waals surface area contributed by atoms with E-state index in [0.29, 0.717) is 17.0 Å². The number of hydrogen-bond acceptors (Lipinski definition) is 5. The van der Waals surface area contributed by atoms with Crippen LogP contribution in [0.4, 0.5) is 0 Å². The van der Waals surface area contributed by atoms with E-state index in [4.69, 9.17) is 9.47 Å². The first-order chi connectivity index (χ1) is 11.5. The molecule has 0 aliphatic rings. The van der Waals surface area contributed by atoms with E-state index < -0.39 is 17.4 Å². The lowest BCUT2D eigenvalue weighted by Crippen LogP contribution is -2.21. The number of ether oxygens (including phenoxy) is 2. The van der Waals surface area contributed by atoms with E-state index in [-0.39, 0.29) is 24.3 Å². The Morgan fingerprint density at radius 2 is 1.96 bits per heavy atom. The monoisotopic (exact) mass is 331 g/mol. The molecule has 0 fully saturated rings. The van der Waals surface area contributed by atoms with Crippen LogP contribution in [0.25, 0.3) is 0 Å². The fourth-order valence-corrected chi connectivity index (χ4v) is 2.63. The van der Waals surface area contributed by atoms with Crippen molar-refractivity contribution in [2.75, 3.05) is 13.7 Å². The Morgan fingerprint density at radius 1 is 1.29 bits per heavy atom. The van der Waals surface area contributed by atoms with Crippen LogP contribution in [0.5, 0.6) is 11.5 Å². The largest absolute Gasteiger partial charge is 0.507 e. The molecule has 0 radical (unpaired) electrons. The fraction of sp³-hybridized carbons (Fsp3) is 0.333. The van der Waals surface area contributed by atoms with Gasteiger partial charge in [0, 0.05) is 11.6 Å². The van der Waals surface area contributed by atoms with Gasteiger partial charge < -0.3 is 19.6 Å². The topological polar surface area (TPSA) is 88.6 Å². The van der Waals surface area contributed by atoms with Crippen molar-refractivity contribution in [3.8, 4) is 11.5 Å². The van der Waals surface area contributed by atoms with Gasteiger partial charge in [-0.1, -0.05) is 12.1 Å². The number of esters is 1. The summed E-state index contributed by atoms with van der Waals surface area (Å²) >= 11 is 0. The van der Waals surface area contributed by atoms with Gasteiger partial charge in [-0.2, -0.15) is 0 Å². The SMILES string of the molecule is CCOC(=O)C[C@@H](c1ccc(OC)cc1)c1c(O)cc(C)[nH]c1=O. The van der Waals surface area contributed by atoms with Gasteiger partial charge in [-0.25, -0.2) is 0 Å². The molecular formula is C18H21NO5. The minimum absolute atomic E-state index is 0.0418. The van der Waals surface area contributed by atoms with Crippen molar-refractivity contribution in [2.45, 2.75) is 26.2 Å². The molecule has 0 saturated carbocycles. The molecule has 6 heteroatoms. The third kappa shape index (κ3) is 3.95. The van der Waals surface area contributed by atoms with Crippen molar-refractivity contribution in [1.29, 1.82) is 0 Å². The highest BCUT2D eigenvalue weighted by Crippen LogP contribution is 2.32. The molecular weight excluding hydrogens is 310 g/mol. The Morgan fingerprint density at radius 3 is 2.50 bits per heavy atom. The third-order valence-corrected chi connectivity index (χ3v) is 3.73. The number of aromatic nitrogens is 1. The number of aromatic amines is 1. The molecule has 2 rings (SSSR count). The van der Waals surface area contributed by atoms with Crippen molar-refractivity contribution < 1.29 is 19.4 Å². The zero-order valence-corrected chi connectivity index (χ0v) is 14.0. The molecule has 0 aliphatic carbocycles. The number of aryl methyl sites for hydroxylation is 1. The number of pyridine rings is 1. The first-order valence-corrected chi connectivity index (χ1v) is 7.68. The standard InChI is InChI=1S/C18H21NO5/c1-4-24-16(21)10-14(12-5-7-13(23-3)8-6-12)17-15(20)9-11(2)19-18(17)22/h5-9,14H,4,10H2,1-3H3,(H2,19,20,22)/t14-/m0/s1. The zero-order chi connectivity index (χ0) is 17.7. The molecule has 0 aliphatic heterocycles. The van der Waals surface area contributed by atoms with E-state index in [0.717, 1.165) is 0 Å². The zero-order valence-electron chi connectivity index (χ0n) is 14.0. The molecule has 1 atom stereocenters. The number of H-pyrrole nitrogens is 1. The van der Waals surface area contributed by atoms with Crippen LogP contribution in [0.1, 0.15) is 36.1 Å². The van der Waals surface area contributed by atoms with Crippen LogP contribution in [-0.4, -0.2) is 29.8 Å². The lowest BCUT2D eigenvalue weighted by Gasteiger charge is -2.18. The molecule has 2 N–H and O–H groups in total. The summed E-state index contributed by atoms with van der Waals surface area (Å²) in [6, 6.07) is 8.49. The summed E-state index contributed by atoms with van der Waals surface area (Å²) in [5, 5.41) is 10.3. The summed E-state index contributed by atoms with van der Waals surface area (Å²) in [4.78, 5) is 27.0. The summed E-state index contributed by atoms with van der Waals surface area (Å²) < 4.78 is 10.1. The van der Waals surface area contributed by atoms with Crippen molar-refractivity contribution in [3.63, 3.8) is 0 Å². The second-order valence-electron chi connectivity index (χ2n) is 5.42. The lowest BCUT2D eigenvalue weighted by molar-refractivity contribution is -0.143. The Kier molecular flexibility index (Phi) is 5.63. The van der Waals surface area contributed by atoms with Gasteiger partial charge in [-0.15, -0.1) is 0 Å². The lowest BCUT2D eigenvalue weighted by atomic mass is 9.88. The van der Waals surface area contributed by atoms with Gasteiger partial charge in [0.25, 0.3) is 5.56 Å². The van der Waals surface area contributed by atoms with Gasteiger partial charge >= 0.3 is 5.97 Å². The van der Waals surface area contributed by atoms with Crippen molar-refractivity contribution in [3.05, 3.63) is 57.5 Å². The number of carbonyl (C=O) groups excluding carboxylic acids is 1. The molecule has 1 aromatic heterocycles. The second-order valence-corrected chi connectivity index (χ2v) is 5.42. The number of hydrogen-bond donors (Lipinski definition) is 2. The van der Waals surface area contributed by atoms with Gasteiger partial charge in [0.05, 0.1) is 25.7 Å². The summed E-state index contributed by atoms with van der Waals surface area (Å²) in [5.41, 5.74) is 0.996. The van der Waals surface area contributed by atoms with Crippen LogP contribution >= 0.6 is 0 Å². The van der Waals surface area contributed by atoms with Crippen LogP contribution in [0.2, 0.25) is 0 Å². The first kappa shape index (κ1) is 17.6. The number of carbonyl (C=O) groups is 1. The van der Waals surface area contributed by atoms with E-state index in [1.54, 1.807) is 45.2 Å². The van der Waals surface area contributed by atoms with Crippen molar-refractivity contribution in [1.82, 2.24) is 4.98 Å². The van der Waals surface area contributed by atoms with Crippen LogP contribution in [0.3, 0.4) is 0 Å². The summed E-state index contributed by atoms with van der Waals surface area (Å²) in [7, 11) is 1.56. The Balaban J connectivity index is 2.50. The van der Waals surface area contributed by atoms with Crippen LogP contribution in [0, 0.1) is 6.92 Å². The molecule has 24 heavy (non-hydrogen) atoms. The molecule has 6 nitrogen and oxygen atoms in total. The number of methoxy groups -OCH3 is 1. The van der Waals surface area contributed by atoms with E-state index in [2.05, 4.69) is 4.98 Å². The van der Waals surface area contributed by atoms with Crippen molar-refractivity contribution >= 4 is 5.97 Å². The quantitative estimate of drug-likeness (QED) is 0.794. The predicted octanol–water partition coefficient (Wildman–Crippen LogP) is 2.48. The summed E-state index contributed by atoms with van der Waals surface area (Å²) in [6.07, 6.45) is -0.0418. The molecule has 1 aromatic carbocycles. The molecule has 128 valence electrons. The first-order valence-electron chi connectivity index (χ1n) is 7.68. The van der Waals surface area contributed by atoms with E-state index in [1.807, 2.05) is 0 Å². The van der Waals surface area contributed by atoms with E-state index in [1.165, 1.54) is 6.07 Å². The maximum absolute atomic E-state index is 12.3. The van der Waals surface area contributed by atoms with E-state index >= 15 is 0 Å². The molecule has 0 spiro atoms. The fourth-order valence-electron chi connectivity index (χ4n) is 2.63. The molecule has 0 bridgehead atoms. The average Bonchev–Trinajstić information content (AvgIpc) is 2.53. The second kappa shape index (κ2) is 7.68. The van der Waals surface area contributed by atoms with Crippen LogP contribution < -0.4 is 10.3 Å². The molecule has 0 amide bonds. The van der Waals surface area contributed by atoms with Crippen LogP contribution in [-0.2, 0) is 9.53 Å². The number of benzene rings is 1. The highest BCUT2D eigenvalue weighted by atomic mass is 16.5. The normalized spacial score (nSPS) is 11.8. The van der Waals surface area contributed by atoms with Crippen LogP contribution in [0.15, 0.2) is 35.1 Å². The highest BCUT2D eigenvalue weighted by Gasteiger charge is 2.25. The minimum Gasteiger partial charge on any atom is -0.507 e. The molecule has 0 unspecified atom stereocenters. The highest BCUT2D eigenvalue weighted by molar-refractivity contribution is 5.71. The number of rotatable bonds is 6. The smallest absolute Gasteiger partial charge is 0.306 e. The number of aromatic hydroxyl groups is 1. The Hall–Kier alpha value is -2.76. The van der Waals surface area contributed by atoms with Gasteiger partial charge in [-0.3, -0.25) is 9.59 Å².